The van der Waals surface area contributed by atoms with Crippen molar-refractivity contribution < 1.29 is 54.1 Å². The highest BCUT2D eigenvalue weighted by Crippen LogP contribution is 2.29. The van der Waals surface area contributed by atoms with Crippen molar-refractivity contribution in [1.82, 2.24) is 0 Å². The number of hydrogen-bond donors (Lipinski definition) is 5. The molecule has 0 saturated heterocycles. The number of carbonyl (C=O) groups excluding carboxylic acids is 2. The van der Waals surface area contributed by atoms with E-state index < -0.39 is 47.5 Å². The van der Waals surface area contributed by atoms with Gasteiger partial charge in [0.2, 0.25) is 11.7 Å². The molecule has 2 rings (SSSR count). The van der Waals surface area contributed by atoms with E-state index in [-0.39, 0.29) is 17.1 Å². The number of phenolic OH excluding ortho intramolecular Hbond substituents is 3. The number of aromatic hydroxyl groups is 3. The van der Waals surface area contributed by atoms with Gasteiger partial charge in [0, 0.05) is 12.5 Å². The summed E-state index contributed by atoms with van der Waals surface area (Å²) in [6.45, 7) is 0. The Hall–Kier alpha value is -4.25. The van der Waals surface area contributed by atoms with Crippen molar-refractivity contribution in [3.63, 3.8) is 0 Å². The molecule has 0 aromatic heterocycles. The maximum Gasteiger partial charge on any atom is 0.350 e. The average molecular weight is 462 g/mol. The van der Waals surface area contributed by atoms with Crippen molar-refractivity contribution in [3.05, 3.63) is 53.6 Å². The van der Waals surface area contributed by atoms with E-state index in [0.717, 1.165) is 25.3 Å². The van der Waals surface area contributed by atoms with Crippen LogP contribution in [-0.2, 0) is 30.3 Å². The number of rotatable bonds is 9. The van der Waals surface area contributed by atoms with E-state index in [4.69, 9.17) is 9.47 Å². The number of carbonyl (C=O) groups is 3. The molecular weight excluding hydrogens is 440 g/mol. The highest BCUT2D eigenvalue weighted by Gasteiger charge is 2.52. The van der Waals surface area contributed by atoms with Gasteiger partial charge in [-0.2, -0.15) is 0 Å². The van der Waals surface area contributed by atoms with Crippen molar-refractivity contribution in [3.8, 4) is 23.0 Å². The number of carboxylic acids is 1. The minimum absolute atomic E-state index is 0.0203. The van der Waals surface area contributed by atoms with Crippen molar-refractivity contribution in [2.45, 2.75) is 18.1 Å². The van der Waals surface area contributed by atoms with Gasteiger partial charge in [0.25, 0.3) is 0 Å². The lowest BCUT2D eigenvalue weighted by Gasteiger charge is -2.30. The fourth-order valence-electron chi connectivity index (χ4n) is 2.84. The van der Waals surface area contributed by atoms with E-state index >= 15 is 0 Å². The highest BCUT2D eigenvalue weighted by atomic mass is 16.6. The van der Waals surface area contributed by atoms with Gasteiger partial charge in [-0.3, -0.25) is 0 Å². The molecule has 0 unspecified atom stereocenters. The first-order valence-corrected chi connectivity index (χ1v) is 9.32. The smallest absolute Gasteiger partial charge is 0.350 e. The van der Waals surface area contributed by atoms with Crippen LogP contribution in [0.1, 0.15) is 11.1 Å². The SMILES string of the molecule is COC(=O)[C@@H](OC(=O)/C=C/c1ccc(O)c(OC)c1)[C@](O)(Cc1ccc(O)c(O)c1)C(=O)O. The third-order valence-electron chi connectivity index (χ3n) is 4.58. The molecule has 5 N–H and O–H groups in total. The number of phenols is 3. The highest BCUT2D eigenvalue weighted by molar-refractivity contribution is 5.93. The molecule has 176 valence electrons. The van der Waals surface area contributed by atoms with Crippen LogP contribution in [0.5, 0.6) is 23.0 Å². The van der Waals surface area contributed by atoms with Gasteiger partial charge in [-0.1, -0.05) is 12.1 Å². The number of esters is 2. The molecule has 0 radical (unpaired) electrons. The summed E-state index contributed by atoms with van der Waals surface area (Å²) in [5, 5.41) is 49.1. The van der Waals surface area contributed by atoms with Gasteiger partial charge >= 0.3 is 17.9 Å². The van der Waals surface area contributed by atoms with E-state index in [1.54, 1.807) is 0 Å². The lowest BCUT2D eigenvalue weighted by Crippen LogP contribution is -2.57. The van der Waals surface area contributed by atoms with E-state index in [1.165, 1.54) is 37.5 Å². The van der Waals surface area contributed by atoms with Gasteiger partial charge in [-0.05, 0) is 41.5 Å². The van der Waals surface area contributed by atoms with Crippen LogP contribution in [0.15, 0.2) is 42.5 Å². The molecule has 0 spiro atoms. The molecule has 11 nitrogen and oxygen atoms in total. The first kappa shape index (κ1) is 25.0. The monoisotopic (exact) mass is 462 g/mol. The Morgan fingerprint density at radius 2 is 1.67 bits per heavy atom. The molecule has 11 heteroatoms. The first-order valence-electron chi connectivity index (χ1n) is 9.32. The number of aliphatic hydroxyl groups is 1. The fraction of sp³-hybridized carbons (Fsp3) is 0.227. The Morgan fingerprint density at radius 1 is 1.00 bits per heavy atom. The number of ether oxygens (including phenoxy) is 3. The van der Waals surface area contributed by atoms with Crippen LogP contribution in [0.2, 0.25) is 0 Å². The summed E-state index contributed by atoms with van der Waals surface area (Å²) in [6.07, 6.45) is -0.933. The lowest BCUT2D eigenvalue weighted by atomic mass is 9.88. The van der Waals surface area contributed by atoms with Crippen LogP contribution in [0.3, 0.4) is 0 Å². The van der Waals surface area contributed by atoms with E-state index in [1.807, 2.05) is 0 Å². The number of carboxylic acid groups (broad SMARTS) is 1. The van der Waals surface area contributed by atoms with Crippen LogP contribution in [0.4, 0.5) is 0 Å². The second-order valence-electron chi connectivity index (χ2n) is 6.83. The molecule has 0 heterocycles. The molecule has 0 aliphatic carbocycles. The summed E-state index contributed by atoms with van der Waals surface area (Å²) in [6, 6.07) is 7.42. The molecule has 2 atom stereocenters. The Labute approximate surface area is 187 Å². The molecule has 2 aromatic carbocycles. The molecular formula is C22H22O11. The zero-order valence-electron chi connectivity index (χ0n) is 17.6. The summed E-state index contributed by atoms with van der Waals surface area (Å²) in [4.78, 5) is 36.4. The van der Waals surface area contributed by atoms with Gasteiger partial charge in [0.1, 0.15) is 0 Å². The topological polar surface area (TPSA) is 180 Å². The minimum Gasteiger partial charge on any atom is -0.504 e. The molecule has 0 aliphatic heterocycles. The van der Waals surface area contributed by atoms with Crippen LogP contribution in [0.25, 0.3) is 6.08 Å². The van der Waals surface area contributed by atoms with Crippen molar-refractivity contribution in [2.75, 3.05) is 14.2 Å². The van der Waals surface area contributed by atoms with Crippen LogP contribution in [0, 0.1) is 0 Å². The average Bonchev–Trinajstić information content (AvgIpc) is 2.78. The minimum atomic E-state index is -2.97. The van der Waals surface area contributed by atoms with Crippen LogP contribution < -0.4 is 4.74 Å². The fourth-order valence-corrected chi connectivity index (χ4v) is 2.84. The molecule has 33 heavy (non-hydrogen) atoms. The molecule has 0 aliphatic rings. The Morgan fingerprint density at radius 3 is 2.24 bits per heavy atom. The third-order valence-corrected chi connectivity index (χ3v) is 4.58. The molecule has 0 saturated carbocycles. The van der Waals surface area contributed by atoms with E-state index in [0.29, 0.717) is 5.56 Å². The summed E-state index contributed by atoms with van der Waals surface area (Å²) >= 11 is 0. The largest absolute Gasteiger partial charge is 0.504 e. The summed E-state index contributed by atoms with van der Waals surface area (Å²) in [5.74, 6) is -5.47. The summed E-state index contributed by atoms with van der Waals surface area (Å²) in [5.41, 5.74) is -2.54. The van der Waals surface area contributed by atoms with Gasteiger partial charge in [0.15, 0.2) is 23.0 Å². The van der Waals surface area contributed by atoms with Gasteiger partial charge in [0.05, 0.1) is 14.2 Å². The quantitative estimate of drug-likeness (QED) is 0.203. The van der Waals surface area contributed by atoms with Crippen molar-refractivity contribution in [1.29, 1.82) is 0 Å². The van der Waals surface area contributed by atoms with Crippen molar-refractivity contribution >= 4 is 24.0 Å². The third kappa shape index (κ3) is 5.92. The van der Waals surface area contributed by atoms with Gasteiger partial charge < -0.3 is 39.7 Å². The van der Waals surface area contributed by atoms with E-state index in [2.05, 4.69) is 4.74 Å². The van der Waals surface area contributed by atoms with Crippen molar-refractivity contribution in [2.24, 2.45) is 0 Å². The second-order valence-corrected chi connectivity index (χ2v) is 6.83. The molecule has 0 bridgehead atoms. The van der Waals surface area contributed by atoms with E-state index in [9.17, 15) is 39.9 Å². The zero-order chi connectivity index (χ0) is 24.8. The number of hydrogen-bond acceptors (Lipinski definition) is 10. The summed E-state index contributed by atoms with van der Waals surface area (Å²) in [7, 11) is 2.24. The second kappa shape index (κ2) is 10.4. The number of methoxy groups -OCH3 is 2. The van der Waals surface area contributed by atoms with Crippen LogP contribution in [-0.4, -0.2) is 69.4 Å². The Balaban J connectivity index is 2.31. The predicted molar refractivity (Wildman–Crippen MR) is 112 cm³/mol. The Kier molecular flexibility index (Phi) is 7.86. The maximum atomic E-state index is 12.3. The summed E-state index contributed by atoms with van der Waals surface area (Å²) < 4.78 is 14.4. The van der Waals surface area contributed by atoms with Gasteiger partial charge in [-0.25, -0.2) is 14.4 Å². The molecule has 0 fully saturated rings. The van der Waals surface area contributed by atoms with Crippen LogP contribution >= 0.6 is 0 Å². The Bertz CT molecular complexity index is 1080. The first-order chi connectivity index (χ1) is 15.5. The number of benzene rings is 2. The molecule has 0 amide bonds. The molecule has 2 aromatic rings. The number of aliphatic carboxylic acids is 1. The predicted octanol–water partition coefficient (Wildman–Crippen LogP) is 0.968. The standard InChI is InChI=1S/C22H22O11/c1-31-17-10-12(3-7-15(17)24)5-8-18(26)33-19(20(27)32-2)22(30,21(28)29)11-13-4-6-14(23)16(25)9-13/h3-10,19,23-25,30H,11H2,1-2H3,(H,28,29)/b8-5+/t19-,22-/m1/s1. The maximum absolute atomic E-state index is 12.3. The van der Waals surface area contributed by atoms with Gasteiger partial charge in [-0.15, -0.1) is 0 Å². The lowest BCUT2D eigenvalue weighted by molar-refractivity contribution is -0.193. The zero-order valence-corrected chi connectivity index (χ0v) is 17.6. The normalized spacial score (nSPS) is 13.7.